The Kier molecular flexibility index (Phi) is 4.81. The predicted molar refractivity (Wildman–Crippen MR) is 94.8 cm³/mol. The summed E-state index contributed by atoms with van der Waals surface area (Å²) in [5.74, 6) is -0.236. The molecule has 0 aliphatic rings. The zero-order chi connectivity index (χ0) is 17.1. The molecule has 1 aromatic carbocycles. The van der Waals surface area contributed by atoms with Crippen LogP contribution in [0.4, 0.5) is 10.1 Å². The van der Waals surface area contributed by atoms with Crippen molar-refractivity contribution in [3.63, 3.8) is 0 Å². The summed E-state index contributed by atoms with van der Waals surface area (Å²) < 4.78 is 20.5. The zero-order valence-electron chi connectivity index (χ0n) is 14.3. The number of nitrogens with one attached hydrogen (secondary N) is 1. The number of hydrogen-bond acceptors (Lipinski definition) is 3. The molecule has 0 bridgehead atoms. The van der Waals surface area contributed by atoms with E-state index in [4.69, 9.17) is 4.74 Å². The molecular weight excluding hydrogens is 305 g/mol. The fourth-order valence-electron chi connectivity index (χ4n) is 3.01. The van der Waals surface area contributed by atoms with Gasteiger partial charge in [0.1, 0.15) is 5.82 Å². The lowest BCUT2D eigenvalue weighted by Crippen LogP contribution is -2.09. The summed E-state index contributed by atoms with van der Waals surface area (Å²) in [7, 11) is 1.71. The third-order valence-electron chi connectivity index (χ3n) is 4.44. The van der Waals surface area contributed by atoms with Crippen LogP contribution in [0, 0.1) is 19.7 Å². The highest BCUT2D eigenvalue weighted by molar-refractivity contribution is 5.87. The summed E-state index contributed by atoms with van der Waals surface area (Å²) in [5, 5.41) is 4.54. The van der Waals surface area contributed by atoms with Crippen molar-refractivity contribution < 1.29 is 9.13 Å². The molecule has 24 heavy (non-hydrogen) atoms. The molecule has 1 N–H and O–H groups in total. The smallest absolute Gasteiger partial charge is 0.123 e. The highest BCUT2D eigenvalue weighted by Gasteiger charge is 2.14. The first-order valence-corrected chi connectivity index (χ1v) is 8.03. The van der Waals surface area contributed by atoms with E-state index in [1.165, 1.54) is 28.8 Å². The second-order valence-electron chi connectivity index (χ2n) is 5.87. The molecule has 2 heterocycles. The number of methoxy groups -OCH3 is 1. The first-order chi connectivity index (χ1) is 11.6. The highest BCUT2D eigenvalue weighted by Crippen LogP contribution is 2.27. The fourth-order valence-corrected chi connectivity index (χ4v) is 3.01. The van der Waals surface area contributed by atoms with Gasteiger partial charge in [-0.05, 0) is 49.7 Å². The summed E-state index contributed by atoms with van der Waals surface area (Å²) in [6, 6.07) is 8.42. The van der Waals surface area contributed by atoms with Gasteiger partial charge in [-0.2, -0.15) is 0 Å². The number of benzene rings is 1. The molecule has 0 spiro atoms. The van der Waals surface area contributed by atoms with Gasteiger partial charge in [-0.1, -0.05) is 0 Å². The number of hydrogen-bond donors (Lipinski definition) is 1. The highest BCUT2D eigenvalue weighted by atomic mass is 19.1. The van der Waals surface area contributed by atoms with E-state index in [1.807, 2.05) is 6.20 Å². The van der Waals surface area contributed by atoms with Crippen LogP contribution in [0.25, 0.3) is 10.9 Å². The van der Waals surface area contributed by atoms with Gasteiger partial charge in [-0.15, -0.1) is 0 Å². The molecule has 0 aliphatic carbocycles. The van der Waals surface area contributed by atoms with Crippen LogP contribution in [0.1, 0.15) is 17.0 Å². The van der Waals surface area contributed by atoms with E-state index in [9.17, 15) is 4.39 Å². The Morgan fingerprint density at radius 1 is 1.17 bits per heavy atom. The Morgan fingerprint density at radius 2 is 1.92 bits per heavy atom. The minimum atomic E-state index is -0.236. The SMILES string of the molecule is COCCn1c(C)c(C)c2ccnc(CNc3ccc(F)cc3)c21. The summed E-state index contributed by atoms with van der Waals surface area (Å²) in [5.41, 5.74) is 5.49. The Morgan fingerprint density at radius 3 is 2.62 bits per heavy atom. The van der Waals surface area contributed by atoms with Gasteiger partial charge in [0.25, 0.3) is 0 Å². The van der Waals surface area contributed by atoms with Crippen molar-refractivity contribution in [1.82, 2.24) is 9.55 Å². The number of fused-ring (bicyclic) bond motifs is 1. The first kappa shape index (κ1) is 16.5. The minimum Gasteiger partial charge on any atom is -0.383 e. The monoisotopic (exact) mass is 327 g/mol. The van der Waals surface area contributed by atoms with Gasteiger partial charge in [0, 0.05) is 36.6 Å². The number of ether oxygens (including phenoxy) is 1. The van der Waals surface area contributed by atoms with Crippen molar-refractivity contribution in [2.45, 2.75) is 26.9 Å². The quantitative estimate of drug-likeness (QED) is 0.742. The van der Waals surface area contributed by atoms with E-state index in [-0.39, 0.29) is 5.82 Å². The molecule has 5 heteroatoms. The molecule has 3 rings (SSSR count). The van der Waals surface area contributed by atoms with Crippen molar-refractivity contribution in [2.24, 2.45) is 0 Å². The van der Waals surface area contributed by atoms with Crippen LogP contribution in [0.2, 0.25) is 0 Å². The lowest BCUT2D eigenvalue weighted by Gasteiger charge is -2.12. The summed E-state index contributed by atoms with van der Waals surface area (Å²) >= 11 is 0. The fraction of sp³-hybridized carbons (Fsp3) is 0.316. The molecule has 0 atom stereocenters. The van der Waals surface area contributed by atoms with Gasteiger partial charge in [-0.3, -0.25) is 4.98 Å². The number of pyridine rings is 1. The van der Waals surface area contributed by atoms with Crippen LogP contribution in [0.5, 0.6) is 0 Å². The van der Waals surface area contributed by atoms with Gasteiger partial charge < -0.3 is 14.6 Å². The molecule has 0 aliphatic heterocycles. The zero-order valence-corrected chi connectivity index (χ0v) is 14.3. The average molecular weight is 327 g/mol. The lowest BCUT2D eigenvalue weighted by molar-refractivity contribution is 0.188. The second kappa shape index (κ2) is 7.01. The Bertz CT molecular complexity index is 840. The molecule has 0 fully saturated rings. The third-order valence-corrected chi connectivity index (χ3v) is 4.44. The van der Waals surface area contributed by atoms with Crippen molar-refractivity contribution in [2.75, 3.05) is 19.0 Å². The molecule has 2 aromatic heterocycles. The van der Waals surface area contributed by atoms with E-state index in [0.717, 1.165) is 23.4 Å². The van der Waals surface area contributed by atoms with Gasteiger partial charge in [-0.25, -0.2) is 4.39 Å². The molecule has 4 nitrogen and oxygen atoms in total. The largest absolute Gasteiger partial charge is 0.383 e. The standard InChI is InChI=1S/C19H22FN3O/c1-13-14(2)23(10-11-24-3)19-17(13)8-9-21-18(19)12-22-16-6-4-15(20)5-7-16/h4-9,22H,10-12H2,1-3H3. The molecule has 0 unspecified atom stereocenters. The number of halogens is 1. The Balaban J connectivity index is 1.95. The van der Waals surface area contributed by atoms with Gasteiger partial charge in [0.15, 0.2) is 0 Å². The topological polar surface area (TPSA) is 39.1 Å². The molecule has 0 radical (unpaired) electrons. The van der Waals surface area contributed by atoms with Crippen molar-refractivity contribution in [1.29, 1.82) is 0 Å². The maximum Gasteiger partial charge on any atom is 0.123 e. The van der Waals surface area contributed by atoms with Crippen LogP contribution in [0.3, 0.4) is 0 Å². The molecule has 0 saturated heterocycles. The summed E-state index contributed by atoms with van der Waals surface area (Å²) in [4.78, 5) is 4.56. The summed E-state index contributed by atoms with van der Waals surface area (Å²) in [6.45, 7) is 6.30. The van der Waals surface area contributed by atoms with Crippen LogP contribution in [0.15, 0.2) is 36.5 Å². The third kappa shape index (κ3) is 3.12. The number of anilines is 1. The van der Waals surface area contributed by atoms with Gasteiger partial charge in [0.2, 0.25) is 0 Å². The van der Waals surface area contributed by atoms with E-state index in [2.05, 4.69) is 34.8 Å². The predicted octanol–water partition coefficient (Wildman–Crippen LogP) is 4.05. The summed E-state index contributed by atoms with van der Waals surface area (Å²) in [6.07, 6.45) is 1.84. The van der Waals surface area contributed by atoms with E-state index >= 15 is 0 Å². The van der Waals surface area contributed by atoms with E-state index in [0.29, 0.717) is 13.2 Å². The number of aromatic nitrogens is 2. The molecule has 126 valence electrons. The van der Waals surface area contributed by atoms with Crippen molar-refractivity contribution >= 4 is 16.6 Å². The van der Waals surface area contributed by atoms with E-state index in [1.54, 1.807) is 19.2 Å². The normalized spacial score (nSPS) is 11.2. The Labute approximate surface area is 141 Å². The Hall–Kier alpha value is -2.40. The molecular formula is C19H22FN3O. The van der Waals surface area contributed by atoms with Crippen LogP contribution < -0.4 is 5.32 Å². The average Bonchev–Trinajstić information content (AvgIpc) is 2.84. The second-order valence-corrected chi connectivity index (χ2v) is 5.87. The first-order valence-electron chi connectivity index (χ1n) is 8.03. The number of nitrogens with zero attached hydrogens (tertiary/aromatic N) is 2. The van der Waals surface area contributed by atoms with Gasteiger partial charge >= 0.3 is 0 Å². The maximum absolute atomic E-state index is 13.0. The molecule has 3 aromatic rings. The van der Waals surface area contributed by atoms with Crippen LogP contribution in [-0.4, -0.2) is 23.3 Å². The maximum atomic E-state index is 13.0. The minimum absolute atomic E-state index is 0.236. The van der Waals surface area contributed by atoms with E-state index < -0.39 is 0 Å². The van der Waals surface area contributed by atoms with Crippen molar-refractivity contribution in [3.05, 3.63) is 59.3 Å². The molecule has 0 saturated carbocycles. The van der Waals surface area contributed by atoms with Crippen LogP contribution in [-0.2, 0) is 17.8 Å². The molecule has 0 amide bonds. The van der Waals surface area contributed by atoms with Gasteiger partial charge in [0.05, 0.1) is 24.4 Å². The van der Waals surface area contributed by atoms with Crippen molar-refractivity contribution in [3.8, 4) is 0 Å². The van der Waals surface area contributed by atoms with Crippen LogP contribution >= 0.6 is 0 Å². The number of rotatable bonds is 6. The lowest BCUT2D eigenvalue weighted by atomic mass is 10.1. The number of aryl methyl sites for hydroxylation is 1.